The van der Waals surface area contributed by atoms with Crippen molar-refractivity contribution in [3.8, 4) is 0 Å². The summed E-state index contributed by atoms with van der Waals surface area (Å²) in [6.45, 7) is 4.00. The van der Waals surface area contributed by atoms with Crippen molar-refractivity contribution in [3.05, 3.63) is 29.6 Å². The van der Waals surface area contributed by atoms with Crippen LogP contribution in [0.3, 0.4) is 0 Å². The number of anilines is 1. The molecule has 0 bridgehead atoms. The van der Waals surface area contributed by atoms with E-state index < -0.39 is 0 Å². The molecular weight excluding hydrogens is 223 g/mol. The van der Waals surface area contributed by atoms with Crippen LogP contribution in [0, 0.1) is 12.7 Å². The van der Waals surface area contributed by atoms with Gasteiger partial charge in [-0.15, -0.1) is 0 Å². The molecule has 2 nitrogen and oxygen atoms in total. The highest BCUT2D eigenvalue weighted by atomic mass is 32.2. The van der Waals surface area contributed by atoms with Gasteiger partial charge in [-0.05, 0) is 44.0 Å². The summed E-state index contributed by atoms with van der Waals surface area (Å²) in [5.41, 5.74) is 1.84. The van der Waals surface area contributed by atoms with E-state index in [1.54, 1.807) is 17.8 Å². The third kappa shape index (κ3) is 2.76. The third-order valence-corrected chi connectivity index (χ3v) is 3.46. The molecular formula is C12H15FN2S. The first-order valence-corrected chi connectivity index (χ1v) is 6.37. The average Bonchev–Trinajstić information content (AvgIpc) is 2.22. The standard InChI is InChI=1S/C12H15FN2S/c1-8-7-10(13)3-4-11(8)15-12-14-9(2)5-6-16-12/h3-4,7,9H,5-6H2,1-2H3,(H,14,15). The van der Waals surface area contributed by atoms with Gasteiger partial charge in [0, 0.05) is 11.4 Å². The quantitative estimate of drug-likeness (QED) is 0.810. The average molecular weight is 238 g/mol. The monoisotopic (exact) mass is 238 g/mol. The summed E-state index contributed by atoms with van der Waals surface area (Å²) in [6.07, 6.45) is 1.12. The first-order chi connectivity index (χ1) is 7.65. The summed E-state index contributed by atoms with van der Waals surface area (Å²) in [5.74, 6) is 0.891. The molecule has 1 unspecified atom stereocenters. The minimum Gasteiger partial charge on any atom is -0.335 e. The van der Waals surface area contributed by atoms with Gasteiger partial charge in [0.1, 0.15) is 5.82 Å². The Morgan fingerprint density at radius 3 is 3.00 bits per heavy atom. The molecule has 0 spiro atoms. The maximum absolute atomic E-state index is 12.9. The maximum Gasteiger partial charge on any atom is 0.161 e. The second-order valence-electron chi connectivity index (χ2n) is 4.00. The Morgan fingerprint density at radius 2 is 2.31 bits per heavy atom. The van der Waals surface area contributed by atoms with Crippen LogP contribution in [-0.2, 0) is 0 Å². The molecule has 16 heavy (non-hydrogen) atoms. The molecule has 1 atom stereocenters. The number of halogens is 1. The van der Waals surface area contributed by atoms with Crippen molar-refractivity contribution in [2.75, 3.05) is 11.1 Å². The molecule has 1 heterocycles. The fourth-order valence-electron chi connectivity index (χ4n) is 1.58. The molecule has 1 N–H and O–H groups in total. The number of rotatable bonds is 1. The number of hydrogen-bond donors (Lipinski definition) is 1. The van der Waals surface area contributed by atoms with Crippen molar-refractivity contribution in [2.24, 2.45) is 4.99 Å². The zero-order valence-electron chi connectivity index (χ0n) is 9.46. The van der Waals surface area contributed by atoms with Crippen molar-refractivity contribution in [1.29, 1.82) is 0 Å². The molecule has 2 rings (SSSR count). The molecule has 4 heteroatoms. The van der Waals surface area contributed by atoms with Gasteiger partial charge in [0.25, 0.3) is 0 Å². The highest BCUT2D eigenvalue weighted by Crippen LogP contribution is 2.22. The molecule has 1 aromatic rings. The van der Waals surface area contributed by atoms with Crippen molar-refractivity contribution in [3.63, 3.8) is 0 Å². The highest BCUT2D eigenvalue weighted by molar-refractivity contribution is 8.14. The van der Waals surface area contributed by atoms with Gasteiger partial charge in [0.05, 0.1) is 6.04 Å². The number of thioether (sulfide) groups is 1. The lowest BCUT2D eigenvalue weighted by atomic mass is 10.2. The molecule has 1 aliphatic heterocycles. The molecule has 0 fully saturated rings. The predicted molar refractivity (Wildman–Crippen MR) is 68.7 cm³/mol. The first-order valence-electron chi connectivity index (χ1n) is 5.39. The van der Waals surface area contributed by atoms with E-state index in [0.717, 1.165) is 28.6 Å². The van der Waals surface area contributed by atoms with Gasteiger partial charge >= 0.3 is 0 Å². The zero-order valence-corrected chi connectivity index (χ0v) is 10.3. The number of aryl methyl sites for hydroxylation is 1. The molecule has 0 amide bonds. The molecule has 1 aliphatic rings. The fraction of sp³-hybridized carbons (Fsp3) is 0.417. The Labute approximate surface area is 99.3 Å². The van der Waals surface area contributed by atoms with E-state index in [-0.39, 0.29) is 5.82 Å². The maximum atomic E-state index is 12.9. The van der Waals surface area contributed by atoms with Crippen molar-refractivity contribution in [1.82, 2.24) is 0 Å². The van der Waals surface area contributed by atoms with Crippen LogP contribution in [0.4, 0.5) is 10.1 Å². The van der Waals surface area contributed by atoms with Gasteiger partial charge in [0.15, 0.2) is 5.17 Å². The normalized spacial score (nSPS) is 20.4. The van der Waals surface area contributed by atoms with Crippen LogP contribution in [0.25, 0.3) is 0 Å². The van der Waals surface area contributed by atoms with Crippen molar-refractivity contribution in [2.45, 2.75) is 26.3 Å². The number of amidine groups is 1. The van der Waals surface area contributed by atoms with Crippen LogP contribution in [0.15, 0.2) is 23.2 Å². The Hall–Kier alpha value is -1.03. The van der Waals surface area contributed by atoms with Gasteiger partial charge in [0.2, 0.25) is 0 Å². The van der Waals surface area contributed by atoms with Gasteiger partial charge in [-0.1, -0.05) is 11.8 Å². The summed E-state index contributed by atoms with van der Waals surface area (Å²) in [4.78, 5) is 4.52. The van der Waals surface area contributed by atoms with Crippen LogP contribution >= 0.6 is 11.8 Å². The molecule has 0 aliphatic carbocycles. The molecule has 0 saturated carbocycles. The Bertz CT molecular complexity index is 417. The summed E-state index contributed by atoms with van der Waals surface area (Å²) in [6, 6.07) is 5.13. The Morgan fingerprint density at radius 1 is 1.50 bits per heavy atom. The third-order valence-electron chi connectivity index (χ3n) is 2.54. The minimum absolute atomic E-state index is 0.199. The van der Waals surface area contributed by atoms with Crippen LogP contribution in [0.1, 0.15) is 18.9 Å². The van der Waals surface area contributed by atoms with E-state index in [0.29, 0.717) is 6.04 Å². The molecule has 1 aromatic carbocycles. The van der Waals surface area contributed by atoms with Crippen molar-refractivity contribution >= 4 is 22.6 Å². The molecule has 0 aromatic heterocycles. The van der Waals surface area contributed by atoms with Gasteiger partial charge in [-0.3, -0.25) is 4.99 Å². The molecule has 0 radical (unpaired) electrons. The molecule has 86 valence electrons. The highest BCUT2D eigenvalue weighted by Gasteiger charge is 2.12. The lowest BCUT2D eigenvalue weighted by Crippen LogP contribution is -2.18. The van der Waals surface area contributed by atoms with E-state index in [4.69, 9.17) is 0 Å². The van der Waals surface area contributed by atoms with E-state index in [2.05, 4.69) is 17.2 Å². The summed E-state index contributed by atoms with van der Waals surface area (Å²) >= 11 is 1.72. The van der Waals surface area contributed by atoms with Crippen molar-refractivity contribution < 1.29 is 4.39 Å². The summed E-state index contributed by atoms with van der Waals surface area (Å²) in [7, 11) is 0. The van der Waals surface area contributed by atoms with Crippen LogP contribution < -0.4 is 5.32 Å². The lowest BCUT2D eigenvalue weighted by molar-refractivity contribution is 0.627. The van der Waals surface area contributed by atoms with Gasteiger partial charge < -0.3 is 5.32 Å². The van der Waals surface area contributed by atoms with E-state index in [1.165, 1.54) is 12.1 Å². The van der Waals surface area contributed by atoms with E-state index in [1.807, 2.05) is 6.92 Å². The number of hydrogen-bond acceptors (Lipinski definition) is 3. The van der Waals surface area contributed by atoms with Crippen LogP contribution in [-0.4, -0.2) is 17.0 Å². The number of aliphatic imine (C=N–C) groups is 1. The van der Waals surface area contributed by atoms with Gasteiger partial charge in [-0.25, -0.2) is 4.39 Å². The smallest absolute Gasteiger partial charge is 0.161 e. The Kier molecular flexibility index (Phi) is 3.49. The zero-order chi connectivity index (χ0) is 11.5. The fourth-order valence-corrected chi connectivity index (χ4v) is 2.67. The predicted octanol–water partition coefficient (Wildman–Crippen LogP) is 3.43. The van der Waals surface area contributed by atoms with Crippen LogP contribution in [0.2, 0.25) is 0 Å². The Balaban J connectivity index is 2.14. The number of nitrogens with zero attached hydrogens (tertiary/aromatic N) is 1. The van der Waals surface area contributed by atoms with E-state index in [9.17, 15) is 4.39 Å². The van der Waals surface area contributed by atoms with Gasteiger partial charge in [-0.2, -0.15) is 0 Å². The minimum atomic E-state index is -0.199. The second kappa shape index (κ2) is 4.87. The molecule has 0 saturated heterocycles. The SMILES string of the molecule is Cc1cc(F)ccc1NC1=NC(C)CCS1. The first kappa shape index (κ1) is 11.5. The lowest BCUT2D eigenvalue weighted by Gasteiger charge is -2.18. The summed E-state index contributed by atoms with van der Waals surface area (Å²) in [5, 5.41) is 4.19. The summed E-state index contributed by atoms with van der Waals surface area (Å²) < 4.78 is 12.9. The van der Waals surface area contributed by atoms with E-state index >= 15 is 0 Å². The number of benzene rings is 1. The topological polar surface area (TPSA) is 24.4 Å². The van der Waals surface area contributed by atoms with Crippen LogP contribution in [0.5, 0.6) is 0 Å². The number of nitrogens with one attached hydrogen (secondary N) is 1. The second-order valence-corrected chi connectivity index (χ2v) is 5.09. The largest absolute Gasteiger partial charge is 0.335 e.